The molecule has 2 atom stereocenters. The number of methoxy groups -OCH3 is 2. The van der Waals surface area contributed by atoms with Crippen molar-refractivity contribution in [2.75, 3.05) is 20.0 Å². The molecule has 0 amide bonds. The standard InChI is InChI=1S/C18H19ClO5S/c1-5-25-10-6-9(2)18(13(20)7-10)17(21)14-11(22-3)8-12(23-4)15(19)16(14)24-18/h7-9H,5-6H2,1-4H3/t9-,18-/m1/s1. The van der Waals surface area contributed by atoms with Crippen molar-refractivity contribution in [3.8, 4) is 17.2 Å². The second kappa shape index (κ2) is 6.57. The van der Waals surface area contributed by atoms with Gasteiger partial charge in [0.25, 0.3) is 0 Å². The predicted molar refractivity (Wildman–Crippen MR) is 97.2 cm³/mol. The van der Waals surface area contributed by atoms with Crippen molar-refractivity contribution in [2.45, 2.75) is 25.9 Å². The summed E-state index contributed by atoms with van der Waals surface area (Å²) >= 11 is 7.94. The van der Waals surface area contributed by atoms with Gasteiger partial charge >= 0.3 is 0 Å². The van der Waals surface area contributed by atoms with Crippen LogP contribution in [0.4, 0.5) is 0 Å². The number of Topliss-reactive ketones (excluding diaryl/α,β-unsaturated/α-hetero) is 1. The number of hydrogen-bond donors (Lipinski definition) is 0. The molecule has 1 heterocycles. The lowest BCUT2D eigenvalue weighted by atomic mass is 9.75. The van der Waals surface area contributed by atoms with Crippen LogP contribution in [0.1, 0.15) is 30.6 Å². The SMILES string of the molecule is CCSC1=CC(=O)[C@]2(Oc3c(Cl)c(OC)cc(OC)c3C2=O)[C@H](C)C1. The molecular formula is C18H19ClO5S. The Balaban J connectivity index is 2.15. The molecule has 5 nitrogen and oxygen atoms in total. The highest BCUT2D eigenvalue weighted by Crippen LogP contribution is 2.53. The molecule has 0 N–H and O–H groups in total. The number of ketones is 2. The molecule has 0 radical (unpaired) electrons. The first kappa shape index (κ1) is 18.1. The van der Waals surface area contributed by atoms with E-state index < -0.39 is 11.4 Å². The van der Waals surface area contributed by atoms with Crippen LogP contribution >= 0.6 is 23.4 Å². The molecule has 1 aromatic rings. The molecular weight excluding hydrogens is 364 g/mol. The van der Waals surface area contributed by atoms with Gasteiger partial charge in [0.15, 0.2) is 5.75 Å². The van der Waals surface area contributed by atoms with Gasteiger partial charge in [-0.2, -0.15) is 0 Å². The number of ether oxygens (including phenoxy) is 3. The van der Waals surface area contributed by atoms with Gasteiger partial charge in [0.1, 0.15) is 22.1 Å². The van der Waals surface area contributed by atoms with E-state index in [2.05, 4.69) is 0 Å². The average molecular weight is 383 g/mol. The zero-order valence-electron chi connectivity index (χ0n) is 14.5. The van der Waals surface area contributed by atoms with Gasteiger partial charge in [-0.3, -0.25) is 9.59 Å². The number of thioether (sulfide) groups is 1. The molecule has 1 aliphatic heterocycles. The number of hydrogen-bond acceptors (Lipinski definition) is 6. The fourth-order valence-corrected chi connectivity index (χ4v) is 4.57. The molecule has 0 unspecified atom stereocenters. The van der Waals surface area contributed by atoms with Gasteiger partial charge in [0.2, 0.25) is 17.2 Å². The molecule has 1 aromatic carbocycles. The molecule has 1 aliphatic carbocycles. The largest absolute Gasteiger partial charge is 0.496 e. The summed E-state index contributed by atoms with van der Waals surface area (Å²) in [5, 5.41) is 0.168. The van der Waals surface area contributed by atoms with Crippen LogP contribution in [0.15, 0.2) is 17.0 Å². The zero-order chi connectivity index (χ0) is 18.4. The van der Waals surface area contributed by atoms with Crippen molar-refractivity contribution in [2.24, 2.45) is 5.92 Å². The molecule has 25 heavy (non-hydrogen) atoms. The van der Waals surface area contributed by atoms with Gasteiger partial charge in [-0.15, -0.1) is 11.8 Å². The second-order valence-corrected chi connectivity index (χ2v) is 7.75. The quantitative estimate of drug-likeness (QED) is 0.735. The summed E-state index contributed by atoms with van der Waals surface area (Å²) in [5.74, 6) is 0.573. The zero-order valence-corrected chi connectivity index (χ0v) is 16.0. The molecule has 0 aromatic heterocycles. The lowest BCUT2D eigenvalue weighted by Gasteiger charge is -2.34. The van der Waals surface area contributed by atoms with Crippen molar-refractivity contribution in [1.29, 1.82) is 0 Å². The number of carbonyl (C=O) groups is 2. The van der Waals surface area contributed by atoms with Crippen LogP contribution in [0.3, 0.4) is 0 Å². The van der Waals surface area contributed by atoms with Crippen molar-refractivity contribution in [1.82, 2.24) is 0 Å². The van der Waals surface area contributed by atoms with Gasteiger partial charge in [0.05, 0.1) is 14.2 Å². The lowest BCUT2D eigenvalue weighted by Crippen LogP contribution is -2.54. The highest BCUT2D eigenvalue weighted by molar-refractivity contribution is 8.03. The van der Waals surface area contributed by atoms with E-state index in [9.17, 15) is 9.59 Å². The van der Waals surface area contributed by atoms with E-state index in [0.717, 1.165) is 10.7 Å². The predicted octanol–water partition coefficient (Wildman–Crippen LogP) is 3.92. The third-order valence-electron chi connectivity index (χ3n) is 4.61. The highest BCUT2D eigenvalue weighted by atomic mass is 35.5. The van der Waals surface area contributed by atoms with Crippen molar-refractivity contribution in [3.63, 3.8) is 0 Å². The Kier molecular flexibility index (Phi) is 4.77. The Morgan fingerprint density at radius 3 is 2.56 bits per heavy atom. The van der Waals surface area contributed by atoms with Crippen LogP contribution in [-0.2, 0) is 4.79 Å². The van der Waals surface area contributed by atoms with Gasteiger partial charge in [-0.1, -0.05) is 25.4 Å². The minimum atomic E-state index is -1.58. The second-order valence-electron chi connectivity index (χ2n) is 5.98. The normalized spacial score (nSPS) is 24.8. The molecule has 0 saturated heterocycles. The molecule has 2 aliphatic rings. The maximum Gasteiger partial charge on any atom is 0.236 e. The summed E-state index contributed by atoms with van der Waals surface area (Å²) in [7, 11) is 2.91. The van der Waals surface area contributed by atoms with E-state index >= 15 is 0 Å². The van der Waals surface area contributed by atoms with E-state index in [1.54, 1.807) is 11.8 Å². The Morgan fingerprint density at radius 1 is 1.32 bits per heavy atom. The number of carbonyl (C=O) groups excluding carboxylic acids is 2. The Morgan fingerprint density at radius 2 is 2.00 bits per heavy atom. The average Bonchev–Trinajstić information content (AvgIpc) is 2.89. The molecule has 1 spiro atoms. The topological polar surface area (TPSA) is 61.8 Å². The molecule has 7 heteroatoms. The molecule has 3 rings (SSSR count). The summed E-state index contributed by atoms with van der Waals surface area (Å²) in [6.07, 6.45) is 2.12. The Hall–Kier alpha value is -1.66. The van der Waals surface area contributed by atoms with Crippen LogP contribution in [0.2, 0.25) is 5.02 Å². The van der Waals surface area contributed by atoms with E-state index in [1.165, 1.54) is 26.4 Å². The molecule has 0 bridgehead atoms. The molecule has 0 fully saturated rings. The maximum atomic E-state index is 13.2. The maximum absolute atomic E-state index is 13.2. The van der Waals surface area contributed by atoms with Gasteiger partial charge in [-0.25, -0.2) is 0 Å². The summed E-state index contributed by atoms with van der Waals surface area (Å²) in [6.45, 7) is 3.87. The van der Waals surface area contributed by atoms with Crippen LogP contribution in [0.25, 0.3) is 0 Å². The highest BCUT2D eigenvalue weighted by Gasteiger charge is 2.60. The number of halogens is 1. The molecule has 134 valence electrons. The fraction of sp³-hybridized carbons (Fsp3) is 0.444. The third-order valence-corrected chi connectivity index (χ3v) is 5.91. The van der Waals surface area contributed by atoms with Crippen LogP contribution in [0, 0.1) is 5.92 Å². The van der Waals surface area contributed by atoms with E-state index in [1.807, 2.05) is 13.8 Å². The number of fused-ring (bicyclic) bond motifs is 1. The summed E-state index contributed by atoms with van der Waals surface area (Å²) in [4.78, 5) is 27.1. The Labute approximate surface area is 155 Å². The first-order valence-electron chi connectivity index (χ1n) is 7.96. The summed E-state index contributed by atoms with van der Waals surface area (Å²) < 4.78 is 16.5. The van der Waals surface area contributed by atoms with Crippen LogP contribution < -0.4 is 14.2 Å². The lowest BCUT2D eigenvalue weighted by molar-refractivity contribution is -0.129. The Bertz CT molecular complexity index is 788. The monoisotopic (exact) mass is 382 g/mol. The van der Waals surface area contributed by atoms with E-state index in [4.69, 9.17) is 25.8 Å². The van der Waals surface area contributed by atoms with Crippen molar-refractivity contribution in [3.05, 3.63) is 27.6 Å². The van der Waals surface area contributed by atoms with E-state index in [0.29, 0.717) is 12.2 Å². The van der Waals surface area contributed by atoms with Crippen molar-refractivity contribution < 1.29 is 23.8 Å². The van der Waals surface area contributed by atoms with E-state index in [-0.39, 0.29) is 33.8 Å². The van der Waals surface area contributed by atoms with Gasteiger partial charge < -0.3 is 14.2 Å². The molecule has 0 saturated carbocycles. The first-order valence-corrected chi connectivity index (χ1v) is 9.33. The smallest absolute Gasteiger partial charge is 0.236 e. The number of benzene rings is 1. The summed E-state index contributed by atoms with van der Waals surface area (Å²) in [5.41, 5.74) is -1.38. The minimum absolute atomic E-state index is 0.156. The first-order chi connectivity index (χ1) is 11.9. The third kappa shape index (κ3) is 2.54. The minimum Gasteiger partial charge on any atom is -0.496 e. The van der Waals surface area contributed by atoms with Gasteiger partial charge in [0, 0.05) is 12.0 Å². The van der Waals surface area contributed by atoms with Crippen LogP contribution in [0.5, 0.6) is 17.2 Å². The number of allylic oxidation sites excluding steroid dienone is 1. The fourth-order valence-electron chi connectivity index (χ4n) is 3.37. The van der Waals surface area contributed by atoms with Gasteiger partial charge in [-0.05, 0) is 23.2 Å². The summed E-state index contributed by atoms with van der Waals surface area (Å²) in [6, 6.07) is 1.54. The van der Waals surface area contributed by atoms with Crippen LogP contribution in [-0.4, -0.2) is 37.1 Å². The van der Waals surface area contributed by atoms with Crippen molar-refractivity contribution >= 4 is 34.9 Å². The number of rotatable bonds is 4.